The highest BCUT2D eigenvalue weighted by atomic mass is 32.1. The van der Waals surface area contributed by atoms with Crippen molar-refractivity contribution in [2.75, 3.05) is 44.6 Å². The Morgan fingerprint density at radius 3 is 2.43 bits per heavy atom. The van der Waals surface area contributed by atoms with Gasteiger partial charge in [-0.2, -0.15) is 0 Å². The molecule has 188 valence electrons. The van der Waals surface area contributed by atoms with Gasteiger partial charge in [-0.1, -0.05) is 41.9 Å². The fourth-order valence-corrected chi connectivity index (χ4v) is 5.28. The number of hydrogen-bond donors (Lipinski definition) is 2. The summed E-state index contributed by atoms with van der Waals surface area (Å²) >= 11 is 0.975. The summed E-state index contributed by atoms with van der Waals surface area (Å²) in [6.45, 7) is 6.63. The topological polar surface area (TPSA) is 108 Å². The van der Waals surface area contributed by atoms with Crippen LogP contribution in [0, 0.1) is 12.8 Å². The molecule has 1 unspecified atom stereocenters. The largest absolute Gasteiger partial charge is 0.355 e. The number of anilines is 1. The van der Waals surface area contributed by atoms with Gasteiger partial charge < -0.3 is 20.4 Å². The van der Waals surface area contributed by atoms with Crippen LogP contribution < -0.4 is 10.6 Å². The molecular weight excluding hydrogens is 464 g/mol. The number of aromatic nitrogens is 2. The van der Waals surface area contributed by atoms with Crippen LogP contribution in [-0.2, 0) is 4.79 Å². The third-order valence-corrected chi connectivity index (χ3v) is 7.53. The van der Waals surface area contributed by atoms with Gasteiger partial charge in [0.15, 0.2) is 0 Å². The van der Waals surface area contributed by atoms with Gasteiger partial charge in [-0.3, -0.25) is 14.4 Å². The highest BCUT2D eigenvalue weighted by Gasteiger charge is 2.31. The number of nitrogens with one attached hydrogen (secondary N) is 2. The molecule has 1 atom stereocenters. The number of likely N-dealkylation sites (tertiary alicyclic amines) is 2. The Kier molecular flexibility index (Phi) is 8.81. The molecule has 3 heterocycles. The first-order valence-electron chi connectivity index (χ1n) is 12.5. The number of aryl methyl sites for hydroxylation is 1. The minimum absolute atomic E-state index is 0.00718. The van der Waals surface area contributed by atoms with Crippen molar-refractivity contribution in [2.45, 2.75) is 45.4 Å². The second-order valence-corrected chi connectivity index (χ2v) is 10.3. The summed E-state index contributed by atoms with van der Waals surface area (Å²) in [4.78, 5) is 42.4. The Morgan fingerprint density at radius 1 is 0.971 bits per heavy atom. The molecule has 2 fully saturated rings. The second-order valence-electron chi connectivity index (χ2n) is 9.37. The molecule has 2 saturated heterocycles. The molecule has 9 nitrogen and oxygen atoms in total. The zero-order valence-corrected chi connectivity index (χ0v) is 21.1. The molecule has 0 saturated carbocycles. The van der Waals surface area contributed by atoms with Crippen LogP contribution in [0.15, 0.2) is 24.3 Å². The number of piperidine rings is 1. The molecule has 0 aliphatic carbocycles. The molecule has 2 aromatic rings. The number of nitrogens with zero attached hydrogens (tertiary/aromatic N) is 4. The van der Waals surface area contributed by atoms with Gasteiger partial charge in [0.05, 0.1) is 5.92 Å². The van der Waals surface area contributed by atoms with Crippen LogP contribution in [-0.4, -0.2) is 77.0 Å². The molecule has 2 aliphatic rings. The van der Waals surface area contributed by atoms with Gasteiger partial charge in [-0.15, -0.1) is 10.2 Å². The van der Waals surface area contributed by atoms with Crippen molar-refractivity contribution in [3.8, 4) is 0 Å². The van der Waals surface area contributed by atoms with Crippen LogP contribution in [0.1, 0.15) is 63.7 Å². The van der Waals surface area contributed by atoms with Gasteiger partial charge in [-0.25, -0.2) is 0 Å². The summed E-state index contributed by atoms with van der Waals surface area (Å²) in [5.41, 5.74) is 1.75. The highest BCUT2D eigenvalue weighted by molar-refractivity contribution is 7.15. The van der Waals surface area contributed by atoms with Crippen molar-refractivity contribution in [1.29, 1.82) is 0 Å². The lowest BCUT2D eigenvalue weighted by Crippen LogP contribution is -2.46. The molecular formula is C25H34N6O3S. The molecule has 10 heteroatoms. The van der Waals surface area contributed by atoms with E-state index in [1.807, 2.05) is 31.2 Å². The van der Waals surface area contributed by atoms with Crippen LogP contribution in [0.5, 0.6) is 0 Å². The van der Waals surface area contributed by atoms with E-state index in [1.54, 1.807) is 4.90 Å². The quantitative estimate of drug-likeness (QED) is 0.608. The van der Waals surface area contributed by atoms with Gasteiger partial charge in [0.25, 0.3) is 11.8 Å². The Morgan fingerprint density at radius 2 is 1.69 bits per heavy atom. The van der Waals surface area contributed by atoms with E-state index in [0.29, 0.717) is 25.3 Å². The Balaban J connectivity index is 1.27. The number of hydrogen-bond acceptors (Lipinski definition) is 7. The van der Waals surface area contributed by atoms with Crippen molar-refractivity contribution >= 4 is 34.7 Å². The normalized spacial score (nSPS) is 19.1. The maximum atomic E-state index is 13.0. The zero-order valence-electron chi connectivity index (χ0n) is 20.3. The standard InChI is InChI=1S/C25H34N6O3S/c1-18-8-10-20(11-9-18)27-22(33)23-28-29-24(35-23)25(34)31-15-6-7-19(17-31)21(32)26-12-16-30-13-4-2-3-5-14-30/h8-11,19H,2-7,12-17H2,1H3,(H,26,32)(H,27,33). The second kappa shape index (κ2) is 12.2. The van der Waals surface area contributed by atoms with Crippen molar-refractivity contribution in [3.63, 3.8) is 0 Å². The van der Waals surface area contributed by atoms with Gasteiger partial charge in [-0.05, 0) is 57.8 Å². The maximum Gasteiger partial charge on any atom is 0.286 e. The molecule has 2 aliphatic heterocycles. The monoisotopic (exact) mass is 498 g/mol. The van der Waals surface area contributed by atoms with Gasteiger partial charge in [0, 0.05) is 31.9 Å². The average molecular weight is 499 g/mol. The average Bonchev–Trinajstić information content (AvgIpc) is 3.23. The van der Waals surface area contributed by atoms with E-state index in [1.165, 1.54) is 25.7 Å². The van der Waals surface area contributed by atoms with Gasteiger partial charge in [0.2, 0.25) is 15.9 Å². The van der Waals surface area contributed by atoms with E-state index in [9.17, 15) is 14.4 Å². The highest BCUT2D eigenvalue weighted by Crippen LogP contribution is 2.21. The van der Waals surface area contributed by atoms with Crippen LogP contribution in [0.2, 0.25) is 0 Å². The maximum absolute atomic E-state index is 13.0. The zero-order chi connectivity index (χ0) is 24.6. The molecule has 1 aromatic carbocycles. The summed E-state index contributed by atoms with van der Waals surface area (Å²) in [5, 5.41) is 14.0. The Hall–Kier alpha value is -2.85. The first-order chi connectivity index (χ1) is 17.0. The van der Waals surface area contributed by atoms with Gasteiger partial charge in [0.1, 0.15) is 0 Å². The molecule has 1 aromatic heterocycles. The molecule has 0 spiro atoms. The molecule has 35 heavy (non-hydrogen) atoms. The predicted molar refractivity (Wildman–Crippen MR) is 136 cm³/mol. The van der Waals surface area contributed by atoms with E-state index >= 15 is 0 Å². The fourth-order valence-electron chi connectivity index (χ4n) is 4.58. The van der Waals surface area contributed by atoms with E-state index < -0.39 is 5.91 Å². The predicted octanol–water partition coefficient (Wildman–Crippen LogP) is 2.94. The summed E-state index contributed by atoms with van der Waals surface area (Å²) < 4.78 is 0. The lowest BCUT2D eigenvalue weighted by molar-refractivity contribution is -0.126. The lowest BCUT2D eigenvalue weighted by Gasteiger charge is -2.31. The van der Waals surface area contributed by atoms with Crippen LogP contribution >= 0.6 is 11.3 Å². The SMILES string of the molecule is Cc1ccc(NC(=O)c2nnc(C(=O)N3CCCC(C(=O)NCCN4CCCCCC4)C3)s2)cc1. The van der Waals surface area contributed by atoms with Crippen LogP contribution in [0.25, 0.3) is 0 Å². The minimum Gasteiger partial charge on any atom is -0.355 e. The number of amides is 3. The van der Waals surface area contributed by atoms with Crippen molar-refractivity contribution in [2.24, 2.45) is 5.92 Å². The minimum atomic E-state index is -0.397. The number of rotatable bonds is 7. The lowest BCUT2D eigenvalue weighted by atomic mass is 9.97. The molecule has 4 rings (SSSR count). The first kappa shape index (κ1) is 25.2. The summed E-state index contributed by atoms with van der Waals surface area (Å²) in [6.07, 6.45) is 6.57. The molecule has 0 bridgehead atoms. The number of carbonyl (C=O) groups excluding carboxylic acids is 3. The fraction of sp³-hybridized carbons (Fsp3) is 0.560. The van der Waals surface area contributed by atoms with Crippen LogP contribution in [0.4, 0.5) is 5.69 Å². The van der Waals surface area contributed by atoms with E-state index in [4.69, 9.17) is 0 Å². The number of benzene rings is 1. The van der Waals surface area contributed by atoms with Gasteiger partial charge >= 0.3 is 0 Å². The van der Waals surface area contributed by atoms with E-state index in [2.05, 4.69) is 25.7 Å². The number of carbonyl (C=O) groups is 3. The van der Waals surface area contributed by atoms with E-state index in [-0.39, 0.29) is 27.7 Å². The summed E-state index contributed by atoms with van der Waals surface area (Å²) in [6, 6.07) is 7.44. The van der Waals surface area contributed by atoms with Crippen molar-refractivity contribution in [3.05, 3.63) is 39.8 Å². The summed E-state index contributed by atoms with van der Waals surface area (Å²) in [5.74, 6) is -0.897. The summed E-state index contributed by atoms with van der Waals surface area (Å²) in [7, 11) is 0. The van der Waals surface area contributed by atoms with Crippen LogP contribution in [0.3, 0.4) is 0 Å². The molecule has 2 N–H and O–H groups in total. The van der Waals surface area contributed by atoms with Crippen molar-refractivity contribution in [1.82, 2.24) is 25.3 Å². The smallest absolute Gasteiger partial charge is 0.286 e. The third kappa shape index (κ3) is 7.08. The first-order valence-corrected chi connectivity index (χ1v) is 13.3. The molecule has 0 radical (unpaired) electrons. The van der Waals surface area contributed by atoms with E-state index in [0.717, 1.165) is 49.4 Å². The van der Waals surface area contributed by atoms with Crippen molar-refractivity contribution < 1.29 is 14.4 Å². The Bertz CT molecular complexity index is 1020. The molecule has 3 amide bonds. The third-order valence-electron chi connectivity index (χ3n) is 6.62. The Labute approximate surface area is 210 Å².